The van der Waals surface area contributed by atoms with Gasteiger partial charge in [-0.05, 0) is 38.1 Å². The summed E-state index contributed by atoms with van der Waals surface area (Å²) in [7, 11) is 0. The van der Waals surface area contributed by atoms with Crippen molar-refractivity contribution >= 4 is 5.97 Å². The summed E-state index contributed by atoms with van der Waals surface area (Å²) >= 11 is 0. The standard InChI is InChI=1S/C14H25NO3/c16-14(13-5-3-1-2-4-8-15-13)18-11-12-6-9-17-10-7-12/h12-13,15H,1-11H2. The van der Waals surface area contributed by atoms with Gasteiger partial charge in [0.2, 0.25) is 0 Å². The summed E-state index contributed by atoms with van der Waals surface area (Å²) in [6.07, 6.45) is 7.78. The van der Waals surface area contributed by atoms with Crippen LogP contribution in [0.25, 0.3) is 0 Å². The zero-order valence-corrected chi connectivity index (χ0v) is 11.2. The van der Waals surface area contributed by atoms with Gasteiger partial charge in [-0.3, -0.25) is 4.79 Å². The molecule has 2 fully saturated rings. The Bertz CT molecular complexity index is 243. The van der Waals surface area contributed by atoms with E-state index in [0.29, 0.717) is 12.5 Å². The smallest absolute Gasteiger partial charge is 0.323 e. The van der Waals surface area contributed by atoms with E-state index in [9.17, 15) is 4.79 Å². The number of hydrogen-bond acceptors (Lipinski definition) is 4. The van der Waals surface area contributed by atoms with Gasteiger partial charge in [0, 0.05) is 13.2 Å². The lowest BCUT2D eigenvalue weighted by Gasteiger charge is -2.24. The average Bonchev–Trinajstić information content (AvgIpc) is 2.37. The second-order valence-electron chi connectivity index (χ2n) is 5.40. The van der Waals surface area contributed by atoms with E-state index in [4.69, 9.17) is 9.47 Å². The summed E-state index contributed by atoms with van der Waals surface area (Å²) in [6, 6.07) is -0.0786. The lowest BCUT2D eigenvalue weighted by Crippen LogP contribution is -2.40. The lowest BCUT2D eigenvalue weighted by atomic mass is 10.0. The summed E-state index contributed by atoms with van der Waals surface area (Å²) in [4.78, 5) is 12.0. The molecule has 0 aliphatic carbocycles. The molecule has 0 aromatic heterocycles. The highest BCUT2D eigenvalue weighted by Gasteiger charge is 2.22. The van der Waals surface area contributed by atoms with E-state index < -0.39 is 0 Å². The number of ether oxygens (including phenoxy) is 2. The van der Waals surface area contributed by atoms with Gasteiger partial charge < -0.3 is 14.8 Å². The number of carbonyl (C=O) groups is 1. The van der Waals surface area contributed by atoms with Gasteiger partial charge in [0.15, 0.2) is 0 Å². The van der Waals surface area contributed by atoms with Crippen LogP contribution in [0.15, 0.2) is 0 Å². The molecule has 0 radical (unpaired) electrons. The molecule has 2 saturated heterocycles. The minimum absolute atomic E-state index is 0.0524. The molecule has 4 nitrogen and oxygen atoms in total. The predicted octanol–water partition coefficient (Wildman–Crippen LogP) is 1.88. The van der Waals surface area contributed by atoms with Crippen LogP contribution < -0.4 is 5.32 Å². The Morgan fingerprint density at radius 1 is 1.11 bits per heavy atom. The quantitative estimate of drug-likeness (QED) is 0.782. The molecule has 1 atom stereocenters. The first-order valence-electron chi connectivity index (χ1n) is 7.34. The zero-order chi connectivity index (χ0) is 12.6. The number of esters is 1. The van der Waals surface area contributed by atoms with Crippen molar-refractivity contribution in [3.05, 3.63) is 0 Å². The van der Waals surface area contributed by atoms with Gasteiger partial charge in [-0.1, -0.05) is 19.3 Å². The third kappa shape index (κ3) is 4.58. The van der Waals surface area contributed by atoms with Crippen molar-refractivity contribution in [3.63, 3.8) is 0 Å². The van der Waals surface area contributed by atoms with Crippen LogP contribution in [-0.4, -0.2) is 38.4 Å². The van der Waals surface area contributed by atoms with Crippen molar-refractivity contribution in [2.75, 3.05) is 26.4 Å². The number of nitrogens with one attached hydrogen (secondary N) is 1. The molecule has 4 heteroatoms. The average molecular weight is 255 g/mol. The van der Waals surface area contributed by atoms with E-state index in [2.05, 4.69) is 5.32 Å². The van der Waals surface area contributed by atoms with Gasteiger partial charge in [-0.2, -0.15) is 0 Å². The largest absolute Gasteiger partial charge is 0.464 e. The fourth-order valence-corrected chi connectivity index (χ4v) is 2.62. The summed E-state index contributed by atoms with van der Waals surface area (Å²) in [5, 5.41) is 3.31. The Balaban J connectivity index is 1.68. The van der Waals surface area contributed by atoms with Crippen LogP contribution in [0, 0.1) is 5.92 Å². The van der Waals surface area contributed by atoms with Crippen molar-refractivity contribution in [2.45, 2.75) is 51.0 Å². The SMILES string of the molecule is O=C(OCC1CCOCC1)C1CCCCCCN1. The molecule has 2 aliphatic heterocycles. The van der Waals surface area contributed by atoms with E-state index in [0.717, 1.165) is 45.4 Å². The molecule has 1 unspecified atom stereocenters. The molecular formula is C14H25NO3. The molecule has 2 rings (SSSR count). The Kier molecular flexibility index (Phi) is 5.94. The van der Waals surface area contributed by atoms with Crippen LogP contribution in [0.4, 0.5) is 0 Å². The molecule has 0 amide bonds. The first-order valence-corrected chi connectivity index (χ1v) is 7.34. The fraction of sp³-hybridized carbons (Fsp3) is 0.929. The lowest BCUT2D eigenvalue weighted by molar-refractivity contribution is -0.148. The first kappa shape index (κ1) is 13.8. The minimum Gasteiger partial charge on any atom is -0.464 e. The van der Waals surface area contributed by atoms with Crippen LogP contribution in [0.1, 0.15) is 44.9 Å². The summed E-state index contributed by atoms with van der Waals surface area (Å²) in [5.41, 5.74) is 0. The van der Waals surface area contributed by atoms with Crippen LogP contribution in [0.5, 0.6) is 0 Å². The Morgan fingerprint density at radius 2 is 1.89 bits per heavy atom. The zero-order valence-electron chi connectivity index (χ0n) is 11.2. The monoisotopic (exact) mass is 255 g/mol. The van der Waals surface area contributed by atoms with E-state index in [1.54, 1.807) is 0 Å². The van der Waals surface area contributed by atoms with Gasteiger partial charge in [0.25, 0.3) is 0 Å². The van der Waals surface area contributed by atoms with Crippen molar-refractivity contribution in [1.82, 2.24) is 5.32 Å². The Labute approximate surface area is 109 Å². The van der Waals surface area contributed by atoms with Crippen molar-refractivity contribution in [2.24, 2.45) is 5.92 Å². The Morgan fingerprint density at radius 3 is 2.72 bits per heavy atom. The van der Waals surface area contributed by atoms with Gasteiger partial charge in [0.1, 0.15) is 6.04 Å². The predicted molar refractivity (Wildman–Crippen MR) is 69.4 cm³/mol. The summed E-state index contributed by atoms with van der Waals surface area (Å²) in [5.74, 6) is 0.444. The van der Waals surface area contributed by atoms with Crippen LogP contribution in [-0.2, 0) is 14.3 Å². The van der Waals surface area contributed by atoms with Gasteiger partial charge in [-0.15, -0.1) is 0 Å². The number of carbonyl (C=O) groups excluding carboxylic acids is 1. The van der Waals surface area contributed by atoms with Crippen LogP contribution in [0.2, 0.25) is 0 Å². The minimum atomic E-state index is -0.0786. The van der Waals surface area contributed by atoms with Gasteiger partial charge >= 0.3 is 5.97 Å². The first-order chi connectivity index (χ1) is 8.86. The highest BCUT2D eigenvalue weighted by atomic mass is 16.5. The van der Waals surface area contributed by atoms with Crippen molar-refractivity contribution in [3.8, 4) is 0 Å². The van der Waals surface area contributed by atoms with E-state index in [1.165, 1.54) is 19.3 Å². The van der Waals surface area contributed by atoms with Crippen molar-refractivity contribution in [1.29, 1.82) is 0 Å². The maximum Gasteiger partial charge on any atom is 0.323 e. The number of rotatable bonds is 3. The molecule has 0 bridgehead atoms. The third-order valence-electron chi connectivity index (χ3n) is 3.90. The molecular weight excluding hydrogens is 230 g/mol. The molecule has 0 aromatic carbocycles. The molecule has 0 aromatic rings. The summed E-state index contributed by atoms with van der Waals surface area (Å²) < 4.78 is 10.8. The maximum atomic E-state index is 12.0. The molecule has 0 saturated carbocycles. The third-order valence-corrected chi connectivity index (χ3v) is 3.90. The highest BCUT2D eigenvalue weighted by molar-refractivity contribution is 5.75. The fourth-order valence-electron chi connectivity index (χ4n) is 2.62. The van der Waals surface area contributed by atoms with Crippen LogP contribution >= 0.6 is 0 Å². The molecule has 2 heterocycles. The van der Waals surface area contributed by atoms with Crippen molar-refractivity contribution < 1.29 is 14.3 Å². The topological polar surface area (TPSA) is 47.6 Å². The number of hydrogen-bond donors (Lipinski definition) is 1. The molecule has 0 spiro atoms. The van der Waals surface area contributed by atoms with Gasteiger partial charge in [-0.25, -0.2) is 0 Å². The summed E-state index contributed by atoms with van der Waals surface area (Å²) in [6.45, 7) is 3.13. The van der Waals surface area contributed by atoms with E-state index >= 15 is 0 Å². The highest BCUT2D eigenvalue weighted by Crippen LogP contribution is 2.16. The second-order valence-corrected chi connectivity index (χ2v) is 5.40. The second kappa shape index (κ2) is 7.74. The van der Waals surface area contributed by atoms with E-state index in [1.807, 2.05) is 0 Å². The normalized spacial score (nSPS) is 27.2. The van der Waals surface area contributed by atoms with Crippen LogP contribution in [0.3, 0.4) is 0 Å². The molecule has 1 N–H and O–H groups in total. The van der Waals surface area contributed by atoms with E-state index in [-0.39, 0.29) is 12.0 Å². The molecule has 18 heavy (non-hydrogen) atoms. The Hall–Kier alpha value is -0.610. The van der Waals surface area contributed by atoms with Gasteiger partial charge in [0.05, 0.1) is 6.61 Å². The molecule has 2 aliphatic rings. The molecule has 104 valence electrons. The maximum absolute atomic E-state index is 12.0.